The highest BCUT2D eigenvalue weighted by molar-refractivity contribution is 6.30. The van der Waals surface area contributed by atoms with E-state index in [1.54, 1.807) is 18.3 Å². The van der Waals surface area contributed by atoms with E-state index in [-0.39, 0.29) is 17.5 Å². The summed E-state index contributed by atoms with van der Waals surface area (Å²) in [5, 5.41) is 0.677. The third-order valence-corrected chi connectivity index (χ3v) is 7.31. The molecule has 1 aromatic heterocycles. The zero-order chi connectivity index (χ0) is 25.1. The van der Waals surface area contributed by atoms with Crippen LogP contribution in [0.4, 0.5) is 8.78 Å². The molecule has 8 heteroatoms. The second-order valence-electron chi connectivity index (χ2n) is 9.74. The smallest absolute Gasteiger partial charge is 0.387 e. The van der Waals surface area contributed by atoms with Crippen LogP contribution in [0.5, 0.6) is 0 Å². The lowest BCUT2D eigenvalue weighted by atomic mass is 9.79. The highest BCUT2D eigenvalue weighted by Gasteiger charge is 2.46. The molecule has 36 heavy (non-hydrogen) atoms. The van der Waals surface area contributed by atoms with E-state index in [9.17, 15) is 8.78 Å². The second kappa shape index (κ2) is 10.8. The molecule has 5 rings (SSSR count). The molecule has 2 saturated heterocycles. The number of pyridine rings is 1. The standard InChI is InChI=1S/C28H30ClF2N3O2/c1-19(4-7-24(20-5-6-20)35-27(30)31)18-34-13-9-28(10-14-34)26-15-21(3-2-11-33-26)25(36-28)17-23-16-22(29)8-12-32-23/h2-5,7-8,11-12,16,25,27H,6,9-10,13-15,17-18H2,1H3/b19-4+,24-7+. The first kappa shape index (κ1) is 25.1. The summed E-state index contributed by atoms with van der Waals surface area (Å²) in [6, 6.07) is 3.68. The molecular weight excluding hydrogens is 484 g/mol. The summed E-state index contributed by atoms with van der Waals surface area (Å²) in [7, 11) is 0. The minimum absolute atomic E-state index is 0.0685. The second-order valence-corrected chi connectivity index (χ2v) is 10.2. The summed E-state index contributed by atoms with van der Waals surface area (Å²) in [5.41, 5.74) is 4.77. The lowest BCUT2D eigenvalue weighted by Gasteiger charge is -2.47. The van der Waals surface area contributed by atoms with E-state index >= 15 is 0 Å². The number of rotatable bonds is 8. The highest BCUT2D eigenvalue weighted by Crippen LogP contribution is 2.40. The van der Waals surface area contributed by atoms with Gasteiger partial charge in [-0.2, -0.15) is 8.78 Å². The van der Waals surface area contributed by atoms with Crippen LogP contribution in [0.1, 0.15) is 38.3 Å². The normalized spacial score (nSPS) is 23.8. The fourth-order valence-corrected chi connectivity index (χ4v) is 5.29. The average Bonchev–Trinajstić information content (AvgIpc) is 3.69. The van der Waals surface area contributed by atoms with Crippen molar-refractivity contribution in [2.45, 2.75) is 57.3 Å². The minimum Gasteiger partial charge on any atom is -0.435 e. The zero-order valence-electron chi connectivity index (χ0n) is 20.3. The number of hydrogen-bond donors (Lipinski definition) is 0. The Labute approximate surface area is 215 Å². The van der Waals surface area contributed by atoms with Crippen molar-refractivity contribution in [1.29, 1.82) is 0 Å². The maximum atomic E-state index is 12.7. The fourth-order valence-electron chi connectivity index (χ4n) is 5.11. The van der Waals surface area contributed by atoms with Gasteiger partial charge in [-0.3, -0.25) is 14.9 Å². The van der Waals surface area contributed by atoms with Gasteiger partial charge in [0.05, 0.1) is 11.8 Å². The predicted molar refractivity (Wildman–Crippen MR) is 137 cm³/mol. The quantitative estimate of drug-likeness (QED) is 0.307. The Balaban J connectivity index is 1.24. The Bertz CT molecular complexity index is 1180. The number of likely N-dealkylation sites (tertiary alicyclic amines) is 1. The van der Waals surface area contributed by atoms with Gasteiger partial charge in [-0.1, -0.05) is 35.4 Å². The number of hydrogen-bond acceptors (Lipinski definition) is 5. The van der Waals surface area contributed by atoms with E-state index < -0.39 is 6.61 Å². The molecule has 1 atom stereocenters. The molecule has 4 heterocycles. The maximum Gasteiger partial charge on any atom is 0.387 e. The molecule has 0 amide bonds. The summed E-state index contributed by atoms with van der Waals surface area (Å²) >= 11 is 6.19. The average molecular weight is 514 g/mol. The fraction of sp³-hybridized carbons (Fsp3) is 0.429. The van der Waals surface area contributed by atoms with Gasteiger partial charge in [0.25, 0.3) is 0 Å². The molecule has 2 bridgehead atoms. The summed E-state index contributed by atoms with van der Waals surface area (Å²) in [6.07, 6.45) is 16.9. The van der Waals surface area contributed by atoms with Crippen LogP contribution in [0.3, 0.4) is 0 Å². The molecule has 190 valence electrons. The van der Waals surface area contributed by atoms with E-state index in [0.717, 1.165) is 61.4 Å². The molecule has 1 aromatic rings. The van der Waals surface area contributed by atoms with E-state index in [2.05, 4.69) is 20.7 Å². The molecular formula is C28H30ClF2N3O2. The first-order chi connectivity index (χ1) is 17.4. The third kappa shape index (κ3) is 6.02. The van der Waals surface area contributed by atoms with Crippen molar-refractivity contribution in [2.24, 2.45) is 4.99 Å². The summed E-state index contributed by atoms with van der Waals surface area (Å²) < 4.78 is 36.8. The molecule has 0 N–H and O–H groups in total. The topological polar surface area (TPSA) is 47.0 Å². The number of nitrogens with zero attached hydrogens (tertiary/aromatic N) is 3. The highest BCUT2D eigenvalue weighted by atomic mass is 35.5. The number of ether oxygens (including phenoxy) is 2. The van der Waals surface area contributed by atoms with Crippen LogP contribution in [-0.2, 0) is 15.9 Å². The summed E-state index contributed by atoms with van der Waals surface area (Å²) in [4.78, 5) is 11.6. The van der Waals surface area contributed by atoms with Crippen LogP contribution in [0.2, 0.25) is 5.02 Å². The third-order valence-electron chi connectivity index (χ3n) is 7.08. The molecule has 0 aromatic carbocycles. The number of halogens is 3. The van der Waals surface area contributed by atoms with Crippen LogP contribution < -0.4 is 0 Å². The molecule has 2 fully saturated rings. The number of aromatic nitrogens is 1. The molecule has 5 nitrogen and oxygen atoms in total. The molecule has 1 unspecified atom stereocenters. The van der Waals surface area contributed by atoms with E-state index in [1.807, 2.05) is 37.4 Å². The SMILES string of the molecule is C/C(=C\C=C(\OC(F)F)C1=CC1)CN1CCC2(CC1)OC(Cc1cc(Cl)ccn1)C1=CC=CN=C2C1. The first-order valence-corrected chi connectivity index (χ1v) is 12.7. The van der Waals surface area contributed by atoms with Gasteiger partial charge in [0, 0.05) is 55.6 Å². The number of piperidine rings is 1. The van der Waals surface area contributed by atoms with Crippen molar-refractivity contribution in [3.05, 3.63) is 88.1 Å². The van der Waals surface area contributed by atoms with Crippen molar-refractivity contribution >= 4 is 17.3 Å². The number of fused-ring (bicyclic) bond motifs is 3. The van der Waals surface area contributed by atoms with E-state index in [4.69, 9.17) is 21.3 Å². The van der Waals surface area contributed by atoms with Crippen molar-refractivity contribution < 1.29 is 18.3 Å². The molecule has 1 spiro atoms. The lowest BCUT2D eigenvalue weighted by Crippen LogP contribution is -2.56. The van der Waals surface area contributed by atoms with E-state index in [1.165, 1.54) is 5.57 Å². The molecule has 3 aliphatic heterocycles. The summed E-state index contributed by atoms with van der Waals surface area (Å²) in [6.45, 7) is 1.70. The van der Waals surface area contributed by atoms with Gasteiger partial charge in [0.15, 0.2) is 0 Å². The Morgan fingerprint density at radius 1 is 1.33 bits per heavy atom. The van der Waals surface area contributed by atoms with Gasteiger partial charge >= 0.3 is 6.61 Å². The van der Waals surface area contributed by atoms with E-state index in [0.29, 0.717) is 17.9 Å². The monoisotopic (exact) mass is 513 g/mol. The molecule has 0 saturated carbocycles. The van der Waals surface area contributed by atoms with Gasteiger partial charge in [-0.15, -0.1) is 0 Å². The molecule has 4 aliphatic rings. The molecule has 1 aliphatic carbocycles. The Kier molecular flexibility index (Phi) is 7.51. The maximum absolute atomic E-state index is 12.7. The summed E-state index contributed by atoms with van der Waals surface area (Å²) in [5.74, 6) is 0.265. The Morgan fingerprint density at radius 2 is 2.14 bits per heavy atom. The van der Waals surface area contributed by atoms with Crippen LogP contribution in [-0.4, -0.2) is 53.5 Å². The largest absolute Gasteiger partial charge is 0.435 e. The first-order valence-electron chi connectivity index (χ1n) is 12.4. The number of alkyl halides is 2. The number of aliphatic imine (C=N–C) groups is 1. The van der Waals surface area contributed by atoms with Gasteiger partial charge in [-0.05, 0) is 61.6 Å². The van der Waals surface area contributed by atoms with Crippen LogP contribution in [0, 0.1) is 0 Å². The molecule has 0 radical (unpaired) electrons. The van der Waals surface area contributed by atoms with Gasteiger partial charge < -0.3 is 9.47 Å². The van der Waals surface area contributed by atoms with Crippen LogP contribution in [0.25, 0.3) is 0 Å². The van der Waals surface area contributed by atoms with Crippen molar-refractivity contribution in [3.63, 3.8) is 0 Å². The lowest BCUT2D eigenvalue weighted by molar-refractivity contribution is -0.0928. The van der Waals surface area contributed by atoms with Crippen LogP contribution in [0.15, 0.2) is 82.4 Å². The van der Waals surface area contributed by atoms with Gasteiger partial charge in [-0.25, -0.2) is 0 Å². The Morgan fingerprint density at radius 3 is 2.86 bits per heavy atom. The number of allylic oxidation sites excluding steroid dienone is 6. The van der Waals surface area contributed by atoms with Crippen LogP contribution >= 0.6 is 11.6 Å². The Hall–Kier alpha value is -2.61. The zero-order valence-corrected chi connectivity index (χ0v) is 21.1. The van der Waals surface area contributed by atoms with Crippen molar-refractivity contribution in [3.8, 4) is 0 Å². The van der Waals surface area contributed by atoms with Crippen molar-refractivity contribution in [2.75, 3.05) is 19.6 Å². The van der Waals surface area contributed by atoms with Crippen molar-refractivity contribution in [1.82, 2.24) is 9.88 Å². The minimum atomic E-state index is -2.81. The van der Waals surface area contributed by atoms with Gasteiger partial charge in [0.1, 0.15) is 11.4 Å². The predicted octanol–water partition coefficient (Wildman–Crippen LogP) is 6.20. The van der Waals surface area contributed by atoms with Gasteiger partial charge in [0.2, 0.25) is 0 Å².